The lowest BCUT2D eigenvalue weighted by Gasteiger charge is -2.25. The Kier molecular flexibility index (Phi) is 6.39. The van der Waals surface area contributed by atoms with Gasteiger partial charge in [-0.05, 0) is 27.7 Å². The van der Waals surface area contributed by atoms with Gasteiger partial charge in [0.05, 0.1) is 0 Å². The fraction of sp³-hybridized carbons (Fsp3) is 0.467. The van der Waals surface area contributed by atoms with Crippen molar-refractivity contribution in [1.29, 1.82) is 0 Å². The second kappa shape index (κ2) is 7.75. The van der Waals surface area contributed by atoms with Gasteiger partial charge in [0.2, 0.25) is 29.1 Å². The molecule has 2 N–H and O–H groups in total. The van der Waals surface area contributed by atoms with E-state index in [9.17, 15) is 31.5 Å². The second-order valence-corrected chi connectivity index (χ2v) is 6.18. The minimum Gasteiger partial charge on any atom is -0.482 e. The van der Waals surface area contributed by atoms with E-state index in [4.69, 9.17) is 9.84 Å². The van der Waals surface area contributed by atoms with E-state index in [0.717, 1.165) is 6.92 Å². The number of hydrogen-bond donors (Lipinski definition) is 2. The maximum atomic E-state index is 13.6. The maximum Gasteiger partial charge on any atom is 0.408 e. The summed E-state index contributed by atoms with van der Waals surface area (Å²) in [6.07, 6.45) is -2.90. The van der Waals surface area contributed by atoms with Crippen molar-refractivity contribution in [2.45, 2.75) is 45.4 Å². The van der Waals surface area contributed by atoms with Crippen LogP contribution < -0.4 is 10.1 Å². The average molecular weight is 385 g/mol. The molecule has 6 nitrogen and oxygen atoms in total. The van der Waals surface area contributed by atoms with Gasteiger partial charge in [0, 0.05) is 0 Å². The van der Waals surface area contributed by atoms with Crippen molar-refractivity contribution in [2.24, 2.45) is 0 Å². The molecule has 1 aromatic rings. The predicted molar refractivity (Wildman–Crippen MR) is 77.1 cm³/mol. The molecule has 0 spiro atoms. The van der Waals surface area contributed by atoms with Gasteiger partial charge in [0.25, 0.3) is 0 Å². The van der Waals surface area contributed by atoms with Crippen LogP contribution in [-0.4, -0.2) is 34.9 Å². The minimum atomic E-state index is -2.39. The molecule has 0 unspecified atom stereocenters. The van der Waals surface area contributed by atoms with Gasteiger partial charge in [0.15, 0.2) is 11.8 Å². The molecule has 0 bridgehead atoms. The first-order chi connectivity index (χ1) is 11.8. The Labute approximate surface area is 144 Å². The number of amides is 1. The number of hydrogen-bond acceptors (Lipinski definition) is 4. The standard InChI is InChI=1S/C15H16F5NO5/c1-5(11(13(22)23)21-14(24)26-15(2,3)4)25-12-9(19)7(17)6(16)8(18)10(12)20/h5,11H,1-4H3,(H,21,24)(H,22,23)/t5-,11+/m1/s1. The van der Waals surface area contributed by atoms with E-state index in [2.05, 4.69) is 4.74 Å². The molecular formula is C15H16F5NO5. The van der Waals surface area contributed by atoms with Crippen LogP contribution >= 0.6 is 0 Å². The Bertz CT molecular complexity index is 690. The van der Waals surface area contributed by atoms with Gasteiger partial charge in [-0.15, -0.1) is 0 Å². The number of carbonyl (C=O) groups is 2. The van der Waals surface area contributed by atoms with E-state index in [1.54, 1.807) is 0 Å². The number of aliphatic carboxylic acids is 1. The predicted octanol–water partition coefficient (Wildman–Crippen LogP) is 3.13. The Morgan fingerprint density at radius 3 is 1.77 bits per heavy atom. The van der Waals surface area contributed by atoms with Gasteiger partial charge in [-0.3, -0.25) is 0 Å². The molecule has 2 atom stereocenters. The number of carbonyl (C=O) groups excluding carboxylic acids is 1. The summed E-state index contributed by atoms with van der Waals surface area (Å²) < 4.78 is 76.0. The number of nitrogens with one attached hydrogen (secondary N) is 1. The summed E-state index contributed by atoms with van der Waals surface area (Å²) in [5.74, 6) is -14.8. The summed E-state index contributed by atoms with van der Waals surface area (Å²) >= 11 is 0. The fourth-order valence-corrected chi connectivity index (χ4v) is 1.76. The van der Waals surface area contributed by atoms with Crippen LogP contribution in [0.25, 0.3) is 0 Å². The third-order valence-electron chi connectivity index (χ3n) is 2.88. The van der Waals surface area contributed by atoms with Gasteiger partial charge < -0.3 is 19.9 Å². The lowest BCUT2D eigenvalue weighted by Crippen LogP contribution is -2.51. The summed E-state index contributed by atoms with van der Waals surface area (Å²) in [7, 11) is 0. The van der Waals surface area contributed by atoms with Gasteiger partial charge in [0.1, 0.15) is 11.7 Å². The number of benzene rings is 1. The molecule has 0 saturated carbocycles. The zero-order chi connectivity index (χ0) is 20.4. The molecule has 0 aromatic heterocycles. The van der Waals surface area contributed by atoms with Crippen LogP contribution in [0.4, 0.5) is 26.7 Å². The van der Waals surface area contributed by atoms with E-state index in [1.165, 1.54) is 20.8 Å². The third-order valence-corrected chi connectivity index (χ3v) is 2.88. The number of carboxylic acids is 1. The molecule has 0 radical (unpaired) electrons. The summed E-state index contributed by atoms with van der Waals surface area (Å²) in [5.41, 5.74) is -0.974. The van der Waals surface area contributed by atoms with Crippen molar-refractivity contribution in [1.82, 2.24) is 5.32 Å². The molecule has 0 aliphatic rings. The molecule has 146 valence electrons. The number of carboxylic acid groups (broad SMARTS) is 1. The molecule has 0 aliphatic heterocycles. The Morgan fingerprint density at radius 1 is 0.962 bits per heavy atom. The summed E-state index contributed by atoms with van der Waals surface area (Å²) in [5, 5.41) is 11.0. The van der Waals surface area contributed by atoms with Crippen molar-refractivity contribution in [2.75, 3.05) is 0 Å². The first-order valence-electron chi connectivity index (χ1n) is 7.16. The van der Waals surface area contributed by atoms with Gasteiger partial charge in [-0.1, -0.05) is 0 Å². The number of ether oxygens (including phenoxy) is 2. The van der Waals surface area contributed by atoms with E-state index in [0.29, 0.717) is 0 Å². The molecule has 1 rings (SSSR count). The van der Waals surface area contributed by atoms with E-state index in [1.807, 2.05) is 5.32 Å². The van der Waals surface area contributed by atoms with Crippen LogP contribution in [0.5, 0.6) is 5.75 Å². The largest absolute Gasteiger partial charge is 0.482 e. The van der Waals surface area contributed by atoms with Crippen LogP contribution in [0.1, 0.15) is 27.7 Å². The first-order valence-corrected chi connectivity index (χ1v) is 7.16. The van der Waals surface area contributed by atoms with Crippen molar-refractivity contribution >= 4 is 12.1 Å². The molecule has 0 aliphatic carbocycles. The van der Waals surface area contributed by atoms with Crippen LogP contribution in [0.2, 0.25) is 0 Å². The minimum absolute atomic E-state index is 0.953. The fourth-order valence-electron chi connectivity index (χ4n) is 1.76. The quantitative estimate of drug-likeness (QED) is 0.462. The van der Waals surface area contributed by atoms with E-state index >= 15 is 0 Å². The van der Waals surface area contributed by atoms with Crippen LogP contribution in [0.3, 0.4) is 0 Å². The highest BCUT2D eigenvalue weighted by atomic mass is 19.2. The second-order valence-electron chi connectivity index (χ2n) is 6.18. The summed E-state index contributed by atoms with van der Waals surface area (Å²) in [4.78, 5) is 22.9. The Hall–Kier alpha value is -2.59. The summed E-state index contributed by atoms with van der Waals surface area (Å²) in [6, 6.07) is -1.90. The van der Waals surface area contributed by atoms with Gasteiger partial charge in [-0.25, -0.2) is 22.8 Å². The first kappa shape index (κ1) is 21.5. The molecule has 1 aromatic carbocycles. The van der Waals surface area contributed by atoms with Crippen LogP contribution in [-0.2, 0) is 9.53 Å². The van der Waals surface area contributed by atoms with E-state index < -0.39 is 64.6 Å². The normalized spacial score (nSPS) is 13.7. The number of rotatable bonds is 5. The zero-order valence-corrected chi connectivity index (χ0v) is 14.1. The maximum absolute atomic E-state index is 13.6. The smallest absolute Gasteiger partial charge is 0.408 e. The lowest BCUT2D eigenvalue weighted by atomic mass is 10.1. The molecule has 0 fully saturated rings. The highest BCUT2D eigenvalue weighted by Gasteiger charge is 2.34. The molecular weight excluding hydrogens is 369 g/mol. The monoisotopic (exact) mass is 385 g/mol. The molecule has 11 heteroatoms. The molecule has 1 amide bonds. The Morgan fingerprint density at radius 2 is 1.38 bits per heavy atom. The van der Waals surface area contributed by atoms with Crippen molar-refractivity contribution < 1.29 is 46.1 Å². The topological polar surface area (TPSA) is 84.9 Å². The van der Waals surface area contributed by atoms with E-state index in [-0.39, 0.29) is 0 Å². The van der Waals surface area contributed by atoms with Crippen molar-refractivity contribution in [3.63, 3.8) is 0 Å². The van der Waals surface area contributed by atoms with Gasteiger partial charge >= 0.3 is 12.1 Å². The molecule has 0 saturated heterocycles. The summed E-state index contributed by atoms with van der Waals surface area (Å²) in [6.45, 7) is 5.44. The zero-order valence-electron chi connectivity index (χ0n) is 14.1. The highest BCUT2D eigenvalue weighted by Crippen LogP contribution is 2.30. The van der Waals surface area contributed by atoms with Gasteiger partial charge in [-0.2, -0.15) is 8.78 Å². The molecule has 0 heterocycles. The van der Waals surface area contributed by atoms with Crippen molar-refractivity contribution in [3.05, 3.63) is 29.1 Å². The SMILES string of the molecule is C[C@@H](Oc1c(F)c(F)c(F)c(F)c1F)[C@H](NC(=O)OC(C)(C)C)C(=O)O. The van der Waals surface area contributed by atoms with Crippen molar-refractivity contribution in [3.8, 4) is 5.75 Å². The molecule has 26 heavy (non-hydrogen) atoms. The van der Waals surface area contributed by atoms with Crippen LogP contribution in [0, 0.1) is 29.1 Å². The Balaban J connectivity index is 3.08. The average Bonchev–Trinajstić information content (AvgIpc) is 2.50. The highest BCUT2D eigenvalue weighted by molar-refractivity contribution is 5.80. The number of alkyl carbamates (subject to hydrolysis) is 1. The number of halogens is 5. The van der Waals surface area contributed by atoms with Crippen LogP contribution in [0.15, 0.2) is 0 Å². The third kappa shape index (κ3) is 4.96. The lowest BCUT2D eigenvalue weighted by molar-refractivity contribution is -0.141.